The minimum atomic E-state index is -0.957. The number of anilines is 2. The molecule has 5 aliphatic rings. The maximum Gasteiger partial charge on any atom is 0.346 e. The molecule has 2 unspecified atom stereocenters. The van der Waals surface area contributed by atoms with Gasteiger partial charge in [0.2, 0.25) is 0 Å². The molecule has 1 spiro atoms. The standard InChI is InChI=1S/C43H46ClF3N10O2S/c1-24(2)50-36-27(19-48)30-25(8-9-29(45)34(30)60-36)31-28(44)18-26-33(32(31)46)51-39(59-22-43-11-6-16-55(43)17-7-12-43)52-35(26)54-15-5-4-10-42(20-54)21-56(37(42)41(3)13-14-41)40(58)57-23-49-38(47)53-57/h8-9,18,23-24,37,50H,4-7,10-17,20-22H2,1-3H3. The number of ether oxygens (including phenoxy) is 1. The van der Waals surface area contributed by atoms with E-state index in [0.29, 0.717) is 42.4 Å². The maximum atomic E-state index is 17.7. The Morgan fingerprint density at radius 1 is 1.07 bits per heavy atom. The fraction of sp³-hybridized carbons (Fsp3) is 0.535. The lowest BCUT2D eigenvalue weighted by molar-refractivity contribution is -0.0766. The highest BCUT2D eigenvalue weighted by molar-refractivity contribution is 7.23. The Kier molecular flexibility index (Phi) is 9.49. The van der Waals surface area contributed by atoms with E-state index < -0.39 is 23.7 Å². The zero-order valence-electron chi connectivity index (χ0n) is 33.8. The van der Waals surface area contributed by atoms with Crippen molar-refractivity contribution < 1.29 is 22.7 Å². The molecule has 4 aliphatic heterocycles. The largest absolute Gasteiger partial charge is 0.461 e. The molecule has 10 rings (SSSR count). The number of carbonyl (C=O) groups is 1. The second-order valence-electron chi connectivity index (χ2n) is 18.2. The van der Waals surface area contributed by atoms with Crippen molar-refractivity contribution >= 4 is 60.8 Å². The molecule has 1 saturated carbocycles. The third kappa shape index (κ3) is 6.28. The van der Waals surface area contributed by atoms with Gasteiger partial charge in [-0.3, -0.25) is 4.90 Å². The molecule has 2 aromatic carbocycles. The van der Waals surface area contributed by atoms with Crippen LogP contribution in [0.25, 0.3) is 32.1 Å². The van der Waals surface area contributed by atoms with Crippen LogP contribution in [0.2, 0.25) is 5.02 Å². The van der Waals surface area contributed by atoms with Gasteiger partial charge in [0.25, 0.3) is 0 Å². The number of carbonyl (C=O) groups excluding carboxylic acids is 1. The first-order valence-corrected chi connectivity index (χ1v) is 22.2. The van der Waals surface area contributed by atoms with Crippen LogP contribution in [0, 0.1) is 39.9 Å². The van der Waals surface area contributed by atoms with E-state index >= 15 is 8.78 Å². The summed E-state index contributed by atoms with van der Waals surface area (Å²) in [5.41, 5.74) is -0.0559. The van der Waals surface area contributed by atoms with Crippen molar-refractivity contribution in [2.24, 2.45) is 10.8 Å². The molecule has 1 aliphatic carbocycles. The Morgan fingerprint density at radius 3 is 2.55 bits per heavy atom. The highest BCUT2D eigenvalue weighted by atomic mass is 35.5. The van der Waals surface area contributed by atoms with Gasteiger partial charge >= 0.3 is 18.1 Å². The second kappa shape index (κ2) is 14.4. The lowest BCUT2D eigenvalue weighted by Gasteiger charge is -2.60. The summed E-state index contributed by atoms with van der Waals surface area (Å²) in [6, 6.07) is 6.13. The van der Waals surface area contributed by atoms with Crippen molar-refractivity contribution in [3.05, 3.63) is 52.8 Å². The SMILES string of the molecule is CC(C)Nc1sc2c(F)ccc(-c3c(Cl)cc4c(N5CCCCC6(C5)CN(C(=O)n5cnc(F)n5)C6C5(C)CC5)nc(OCC56CCCN5CCC6)nc4c3F)c2c1C#N. The minimum absolute atomic E-state index is 0.0102. The molecular formula is C43H46ClF3N10O2S. The van der Waals surface area contributed by atoms with E-state index in [1.54, 1.807) is 11.0 Å². The van der Waals surface area contributed by atoms with Gasteiger partial charge in [-0.2, -0.15) is 29.3 Å². The van der Waals surface area contributed by atoms with Crippen molar-refractivity contribution in [3.8, 4) is 23.2 Å². The maximum absolute atomic E-state index is 17.7. The first-order chi connectivity index (χ1) is 28.8. The smallest absolute Gasteiger partial charge is 0.346 e. The first-order valence-electron chi connectivity index (χ1n) is 21.0. The fourth-order valence-corrected chi connectivity index (χ4v) is 12.6. The van der Waals surface area contributed by atoms with Gasteiger partial charge in [-0.05, 0) is 101 Å². The summed E-state index contributed by atoms with van der Waals surface area (Å²) >= 11 is 8.25. The zero-order valence-corrected chi connectivity index (χ0v) is 35.4. The van der Waals surface area contributed by atoms with Crippen LogP contribution >= 0.6 is 22.9 Å². The molecule has 1 N–H and O–H groups in total. The second-order valence-corrected chi connectivity index (χ2v) is 19.6. The Labute approximate surface area is 354 Å². The van der Waals surface area contributed by atoms with Gasteiger partial charge in [-0.1, -0.05) is 31.0 Å². The third-order valence-electron chi connectivity index (χ3n) is 13.9. The van der Waals surface area contributed by atoms with Gasteiger partial charge in [0, 0.05) is 53.5 Å². The predicted octanol–water partition coefficient (Wildman–Crippen LogP) is 9.00. The van der Waals surface area contributed by atoms with Crippen LogP contribution < -0.4 is 15.0 Å². The van der Waals surface area contributed by atoms with Crippen LogP contribution in [0.5, 0.6) is 6.01 Å². The van der Waals surface area contributed by atoms with Crippen molar-refractivity contribution in [1.82, 2.24) is 34.5 Å². The van der Waals surface area contributed by atoms with Crippen LogP contribution in [-0.2, 0) is 0 Å². The molecule has 5 fully saturated rings. The Balaban J connectivity index is 1.10. The lowest BCUT2D eigenvalue weighted by Crippen LogP contribution is -2.72. The molecular weight excluding hydrogens is 813 g/mol. The number of hydrogen-bond acceptors (Lipinski definition) is 11. The number of halogens is 4. The third-order valence-corrected chi connectivity index (χ3v) is 15.3. The van der Waals surface area contributed by atoms with Gasteiger partial charge in [0.1, 0.15) is 41.2 Å². The number of thiophene rings is 1. The number of likely N-dealkylation sites (tertiary alicyclic amines) is 1. The number of hydrogen-bond donors (Lipinski definition) is 1. The number of aromatic nitrogens is 5. The molecule has 17 heteroatoms. The number of benzene rings is 2. The fourth-order valence-electron chi connectivity index (χ4n) is 11.0. The summed E-state index contributed by atoms with van der Waals surface area (Å²) in [7, 11) is 0. The molecule has 4 saturated heterocycles. The van der Waals surface area contributed by atoms with Crippen LogP contribution in [0.3, 0.4) is 0 Å². The predicted molar refractivity (Wildman–Crippen MR) is 224 cm³/mol. The van der Waals surface area contributed by atoms with Crippen molar-refractivity contribution in [2.75, 3.05) is 49.5 Å². The quantitative estimate of drug-likeness (QED) is 0.162. The van der Waals surface area contributed by atoms with Crippen molar-refractivity contribution in [3.63, 3.8) is 0 Å². The molecule has 314 valence electrons. The molecule has 0 radical (unpaired) electrons. The van der Waals surface area contributed by atoms with Crippen LogP contribution in [0.4, 0.5) is 28.8 Å². The van der Waals surface area contributed by atoms with Crippen LogP contribution in [-0.4, -0.2) is 97.5 Å². The van der Waals surface area contributed by atoms with Gasteiger partial charge in [-0.15, -0.1) is 16.4 Å². The lowest BCUT2D eigenvalue weighted by atomic mass is 9.63. The van der Waals surface area contributed by atoms with E-state index in [2.05, 4.69) is 38.2 Å². The average molecular weight is 859 g/mol. The molecule has 3 aromatic heterocycles. The van der Waals surface area contributed by atoms with E-state index in [9.17, 15) is 14.4 Å². The summed E-state index contributed by atoms with van der Waals surface area (Å²) in [6.07, 6.45) is 8.83. The Morgan fingerprint density at radius 2 is 1.85 bits per heavy atom. The molecule has 5 aromatic rings. The monoisotopic (exact) mass is 858 g/mol. The number of fused-ring (bicyclic) bond motifs is 3. The summed E-state index contributed by atoms with van der Waals surface area (Å²) < 4.78 is 54.8. The molecule has 0 bridgehead atoms. The van der Waals surface area contributed by atoms with Crippen molar-refractivity contribution in [2.45, 2.75) is 96.2 Å². The average Bonchev–Trinajstić information content (AvgIpc) is 3.52. The molecule has 1 amide bonds. The van der Waals surface area contributed by atoms with Gasteiger partial charge in [0.05, 0.1) is 20.8 Å². The summed E-state index contributed by atoms with van der Waals surface area (Å²) in [6.45, 7) is 10.0. The number of nitrogens with zero attached hydrogens (tertiary/aromatic N) is 9. The molecule has 60 heavy (non-hydrogen) atoms. The molecule has 2 atom stereocenters. The number of nitriles is 1. The molecule has 12 nitrogen and oxygen atoms in total. The molecule has 7 heterocycles. The summed E-state index contributed by atoms with van der Waals surface area (Å²) in [4.78, 5) is 33.6. The highest BCUT2D eigenvalue weighted by Gasteiger charge is 2.65. The first kappa shape index (κ1) is 39.4. The highest BCUT2D eigenvalue weighted by Crippen LogP contribution is 2.62. The van der Waals surface area contributed by atoms with E-state index in [-0.39, 0.29) is 71.8 Å². The van der Waals surface area contributed by atoms with E-state index in [1.165, 1.54) is 12.1 Å². The normalized spacial score (nSPS) is 23.3. The topological polar surface area (TPSA) is 128 Å². The van der Waals surface area contributed by atoms with Crippen molar-refractivity contribution in [1.29, 1.82) is 5.26 Å². The number of nitrogens with one attached hydrogen (secondary N) is 1. The minimum Gasteiger partial charge on any atom is -0.461 e. The van der Waals surface area contributed by atoms with Gasteiger partial charge in [-0.25, -0.2) is 13.6 Å². The van der Waals surface area contributed by atoms with Crippen LogP contribution in [0.1, 0.15) is 84.1 Å². The number of rotatable bonds is 8. The summed E-state index contributed by atoms with van der Waals surface area (Å²) in [5.74, 6) is -0.753. The van der Waals surface area contributed by atoms with E-state index in [1.807, 2.05) is 13.8 Å². The van der Waals surface area contributed by atoms with E-state index in [4.69, 9.17) is 26.3 Å². The number of amides is 1. The van der Waals surface area contributed by atoms with Gasteiger partial charge < -0.3 is 19.9 Å². The summed E-state index contributed by atoms with van der Waals surface area (Å²) in [5, 5.41) is 18.5. The van der Waals surface area contributed by atoms with Crippen LogP contribution in [0.15, 0.2) is 24.5 Å². The van der Waals surface area contributed by atoms with E-state index in [0.717, 1.165) is 93.2 Å². The zero-order chi connectivity index (χ0) is 41.7. The Bertz CT molecular complexity index is 2600. The van der Waals surface area contributed by atoms with Gasteiger partial charge in [0.15, 0.2) is 5.82 Å². The Hall–Kier alpha value is -4.72.